The van der Waals surface area contributed by atoms with E-state index in [1.807, 2.05) is 39.0 Å². The number of hydrogen-bond acceptors (Lipinski definition) is 4. The number of amides is 1. The van der Waals surface area contributed by atoms with Gasteiger partial charge in [-0.1, -0.05) is 44.2 Å². The quantitative estimate of drug-likeness (QED) is 0.711. The van der Waals surface area contributed by atoms with Crippen LogP contribution in [0, 0.1) is 5.92 Å². The molecule has 0 saturated carbocycles. The van der Waals surface area contributed by atoms with Crippen molar-refractivity contribution in [1.29, 1.82) is 0 Å². The summed E-state index contributed by atoms with van der Waals surface area (Å²) in [5.74, 6) is 0.781. The van der Waals surface area contributed by atoms with E-state index in [-0.39, 0.29) is 35.8 Å². The van der Waals surface area contributed by atoms with Gasteiger partial charge in [-0.2, -0.15) is 0 Å². The number of carbonyl (C=O) groups excluding carboxylic acids is 2. The molecule has 1 atom stereocenters. The third kappa shape index (κ3) is 6.38. The first-order valence-corrected chi connectivity index (χ1v) is 8.21. The van der Waals surface area contributed by atoms with Crippen LogP contribution < -0.4 is 11.1 Å². The molecule has 1 aromatic rings. The lowest BCUT2D eigenvalue weighted by atomic mass is 9.88. The van der Waals surface area contributed by atoms with Crippen LogP contribution in [0.2, 0.25) is 0 Å². The van der Waals surface area contributed by atoms with Gasteiger partial charge in [-0.05, 0) is 12.8 Å². The molecule has 0 bridgehead atoms. The van der Waals surface area contributed by atoms with Crippen molar-refractivity contribution in [2.75, 3.05) is 18.1 Å². The van der Waals surface area contributed by atoms with Crippen molar-refractivity contribution in [2.45, 2.75) is 26.3 Å². The number of nitrogens with two attached hydrogens (primary N) is 1. The monoisotopic (exact) mass is 344 g/mol. The first-order chi connectivity index (χ1) is 9.89. The summed E-state index contributed by atoms with van der Waals surface area (Å²) in [5, 5.41) is 2.96. The maximum Gasteiger partial charge on any atom is 0.230 e. The molecule has 0 saturated heterocycles. The first-order valence-electron chi connectivity index (χ1n) is 7.06. The molecule has 0 heterocycles. The fraction of sp³-hybridized carbons (Fsp3) is 0.500. The average molecular weight is 345 g/mol. The minimum Gasteiger partial charge on any atom is -0.349 e. The van der Waals surface area contributed by atoms with Gasteiger partial charge in [-0.25, -0.2) is 0 Å². The molecule has 1 rings (SSSR count). The van der Waals surface area contributed by atoms with Gasteiger partial charge in [0.1, 0.15) is 0 Å². The van der Waals surface area contributed by atoms with Crippen molar-refractivity contribution in [3.8, 4) is 0 Å². The van der Waals surface area contributed by atoms with Gasteiger partial charge >= 0.3 is 0 Å². The number of ketones is 1. The van der Waals surface area contributed by atoms with Gasteiger partial charge < -0.3 is 11.1 Å². The molecule has 4 nitrogen and oxygen atoms in total. The predicted octanol–water partition coefficient (Wildman–Crippen LogP) is 2.51. The van der Waals surface area contributed by atoms with E-state index in [1.165, 1.54) is 11.8 Å². The van der Waals surface area contributed by atoms with Crippen LogP contribution in [0.25, 0.3) is 0 Å². The lowest BCUT2D eigenvalue weighted by molar-refractivity contribution is -0.120. The molecule has 0 aliphatic rings. The Kier molecular flexibility index (Phi) is 9.41. The molecule has 22 heavy (non-hydrogen) atoms. The largest absolute Gasteiger partial charge is 0.349 e. The topological polar surface area (TPSA) is 72.2 Å². The summed E-state index contributed by atoms with van der Waals surface area (Å²) in [4.78, 5) is 23.8. The fourth-order valence-electron chi connectivity index (χ4n) is 1.73. The van der Waals surface area contributed by atoms with Crippen molar-refractivity contribution >= 4 is 35.9 Å². The molecule has 124 valence electrons. The molecule has 0 aromatic heterocycles. The van der Waals surface area contributed by atoms with Crippen LogP contribution >= 0.6 is 24.2 Å². The van der Waals surface area contributed by atoms with Gasteiger partial charge in [-0.3, -0.25) is 9.59 Å². The molecule has 0 spiro atoms. The van der Waals surface area contributed by atoms with Crippen LogP contribution in [-0.2, 0) is 4.79 Å². The molecule has 0 radical (unpaired) electrons. The Bertz CT molecular complexity index is 482. The summed E-state index contributed by atoms with van der Waals surface area (Å²) in [6, 6.07) is 9.11. The highest BCUT2D eigenvalue weighted by molar-refractivity contribution is 8.00. The molecule has 1 unspecified atom stereocenters. The second kappa shape index (κ2) is 9.87. The van der Waals surface area contributed by atoms with E-state index < -0.39 is 5.54 Å². The summed E-state index contributed by atoms with van der Waals surface area (Å²) >= 11 is 1.32. The van der Waals surface area contributed by atoms with Crippen LogP contribution in [0.1, 0.15) is 31.1 Å². The first kappa shape index (κ1) is 21.0. The van der Waals surface area contributed by atoms with E-state index in [4.69, 9.17) is 5.73 Å². The maximum absolute atomic E-state index is 11.9. The molecule has 1 amide bonds. The van der Waals surface area contributed by atoms with Crippen LogP contribution in [-0.4, -0.2) is 35.3 Å². The van der Waals surface area contributed by atoms with Gasteiger partial charge in [0.05, 0.1) is 17.0 Å². The summed E-state index contributed by atoms with van der Waals surface area (Å²) in [6.07, 6.45) is 0. The van der Waals surface area contributed by atoms with E-state index in [0.717, 1.165) is 0 Å². The molecule has 1 aromatic carbocycles. The van der Waals surface area contributed by atoms with E-state index in [9.17, 15) is 9.59 Å². The predicted molar refractivity (Wildman–Crippen MR) is 95.8 cm³/mol. The van der Waals surface area contributed by atoms with Crippen molar-refractivity contribution < 1.29 is 9.59 Å². The van der Waals surface area contributed by atoms with Gasteiger partial charge in [0, 0.05) is 12.1 Å². The van der Waals surface area contributed by atoms with Gasteiger partial charge in [0.15, 0.2) is 5.78 Å². The normalized spacial score (nSPS) is 13.1. The lowest BCUT2D eigenvalue weighted by Crippen LogP contribution is -2.55. The SMILES string of the molecule is CC(C)C(C)(CN)NC(=O)CSCC(=O)c1ccccc1.Cl. The van der Waals surface area contributed by atoms with Crippen LogP contribution in [0.15, 0.2) is 30.3 Å². The zero-order valence-corrected chi connectivity index (χ0v) is 14.9. The zero-order chi connectivity index (χ0) is 15.9. The van der Waals surface area contributed by atoms with Crippen molar-refractivity contribution in [3.05, 3.63) is 35.9 Å². The number of carbonyl (C=O) groups is 2. The number of thioether (sulfide) groups is 1. The summed E-state index contributed by atoms with van der Waals surface area (Å²) in [6.45, 7) is 6.39. The van der Waals surface area contributed by atoms with Crippen molar-refractivity contribution in [2.24, 2.45) is 11.7 Å². The van der Waals surface area contributed by atoms with E-state index >= 15 is 0 Å². The van der Waals surface area contributed by atoms with E-state index in [0.29, 0.717) is 17.9 Å². The van der Waals surface area contributed by atoms with Crippen LogP contribution in [0.5, 0.6) is 0 Å². The van der Waals surface area contributed by atoms with Gasteiger partial charge in [0.25, 0.3) is 0 Å². The Morgan fingerprint density at radius 2 is 1.82 bits per heavy atom. The second-order valence-electron chi connectivity index (χ2n) is 5.61. The van der Waals surface area contributed by atoms with E-state index in [2.05, 4.69) is 5.32 Å². The highest BCUT2D eigenvalue weighted by Gasteiger charge is 2.28. The summed E-state index contributed by atoms with van der Waals surface area (Å²) < 4.78 is 0. The van der Waals surface area contributed by atoms with Gasteiger partial charge in [-0.15, -0.1) is 24.2 Å². The van der Waals surface area contributed by atoms with Crippen LogP contribution in [0.4, 0.5) is 0 Å². The third-order valence-corrected chi connectivity index (χ3v) is 4.62. The Morgan fingerprint density at radius 1 is 1.23 bits per heavy atom. The lowest BCUT2D eigenvalue weighted by Gasteiger charge is -2.33. The van der Waals surface area contributed by atoms with Gasteiger partial charge in [0.2, 0.25) is 5.91 Å². The van der Waals surface area contributed by atoms with Crippen LogP contribution in [0.3, 0.4) is 0 Å². The van der Waals surface area contributed by atoms with Crippen molar-refractivity contribution in [3.63, 3.8) is 0 Å². The molecule has 3 N–H and O–H groups in total. The minimum atomic E-state index is -0.402. The fourth-order valence-corrected chi connectivity index (χ4v) is 2.44. The Morgan fingerprint density at radius 3 is 2.32 bits per heavy atom. The van der Waals surface area contributed by atoms with Crippen molar-refractivity contribution in [1.82, 2.24) is 5.32 Å². The summed E-state index contributed by atoms with van der Waals surface area (Å²) in [5.41, 5.74) is 6.01. The highest BCUT2D eigenvalue weighted by atomic mass is 35.5. The maximum atomic E-state index is 11.9. The molecule has 0 fully saturated rings. The zero-order valence-electron chi connectivity index (χ0n) is 13.3. The third-order valence-electron chi connectivity index (χ3n) is 3.69. The summed E-state index contributed by atoms with van der Waals surface area (Å²) in [7, 11) is 0. The smallest absolute Gasteiger partial charge is 0.230 e. The number of rotatable bonds is 8. The molecular weight excluding hydrogens is 320 g/mol. The number of nitrogens with one attached hydrogen (secondary N) is 1. The van der Waals surface area contributed by atoms with E-state index in [1.54, 1.807) is 12.1 Å². The number of hydrogen-bond donors (Lipinski definition) is 2. The second-order valence-corrected chi connectivity index (χ2v) is 6.59. The Balaban J connectivity index is 0.00000441. The number of halogens is 1. The number of benzene rings is 1. The molecule has 0 aliphatic heterocycles. The highest BCUT2D eigenvalue weighted by Crippen LogP contribution is 2.15. The standard InChI is InChI=1S/C16H24N2O2S.ClH/c1-12(2)16(3,11-17)18-15(20)10-21-9-14(19)13-7-5-4-6-8-13;/h4-8,12H,9-11,17H2,1-3H3,(H,18,20);1H. The molecule has 0 aliphatic carbocycles. The number of Topliss-reactive ketones (excluding diaryl/α,β-unsaturated/α-hetero) is 1. The Hall–Kier alpha value is -1.04. The Labute approximate surface area is 143 Å². The molecular formula is C16H25ClN2O2S. The average Bonchev–Trinajstić information content (AvgIpc) is 2.47. The minimum absolute atomic E-state index is 0. The molecule has 6 heteroatoms.